The minimum absolute atomic E-state index is 0.0298. The van der Waals surface area contributed by atoms with Gasteiger partial charge in [-0.3, -0.25) is 14.5 Å². The molecule has 0 saturated heterocycles. The second kappa shape index (κ2) is 7.36. The molecule has 7 nitrogen and oxygen atoms in total. The molecule has 0 fully saturated rings. The number of aryl methyl sites for hydroxylation is 2. The molecule has 0 saturated carbocycles. The Morgan fingerprint density at radius 3 is 2.61 bits per heavy atom. The first-order valence-electron chi connectivity index (χ1n) is 10.2. The van der Waals surface area contributed by atoms with E-state index in [1.54, 1.807) is 4.57 Å². The van der Waals surface area contributed by atoms with Gasteiger partial charge in [-0.05, 0) is 49.9 Å². The molecule has 3 aromatic heterocycles. The van der Waals surface area contributed by atoms with E-state index in [2.05, 4.69) is 31.5 Å². The first kappa shape index (κ1) is 19.0. The molecule has 0 radical (unpaired) electrons. The van der Waals surface area contributed by atoms with Gasteiger partial charge < -0.3 is 5.32 Å². The van der Waals surface area contributed by atoms with Crippen LogP contribution in [-0.4, -0.2) is 24.7 Å². The van der Waals surface area contributed by atoms with Gasteiger partial charge in [-0.15, -0.1) is 0 Å². The molecule has 0 unspecified atom stereocenters. The van der Waals surface area contributed by atoms with Gasteiger partial charge in [0.2, 0.25) is 0 Å². The fourth-order valence-corrected chi connectivity index (χ4v) is 4.11. The van der Waals surface area contributed by atoms with Crippen LogP contribution in [0.4, 0.5) is 5.82 Å². The van der Waals surface area contributed by atoms with Crippen LogP contribution < -0.4 is 10.9 Å². The standard InChI is InChI=1S/C24H22N6O/c1-14-8-7-9-17-12-19(30(24(31)20(14)17)18-10-5-4-6-11-18)15(2)27-22-21-16(3)28-29-23(21)26-13-25-22/h4-13,15H,1-3H3,(H2,25,26,27,28,29)/t15-/m0/s1. The van der Waals surface area contributed by atoms with E-state index in [1.807, 2.05) is 69.3 Å². The van der Waals surface area contributed by atoms with Gasteiger partial charge in [0, 0.05) is 17.1 Å². The maximum Gasteiger partial charge on any atom is 0.263 e. The summed E-state index contributed by atoms with van der Waals surface area (Å²) in [6.45, 7) is 5.94. The smallest absolute Gasteiger partial charge is 0.263 e. The average molecular weight is 410 g/mol. The number of fused-ring (bicyclic) bond motifs is 2. The van der Waals surface area contributed by atoms with E-state index >= 15 is 0 Å². The van der Waals surface area contributed by atoms with Crippen LogP contribution in [0.1, 0.15) is 29.9 Å². The van der Waals surface area contributed by atoms with Crippen LogP contribution in [-0.2, 0) is 0 Å². The SMILES string of the molecule is Cc1[nH]nc2ncnc(N[C@@H](C)c3cc4cccc(C)c4c(=O)n3-c3ccccc3)c12. The van der Waals surface area contributed by atoms with Crippen LogP contribution in [0.5, 0.6) is 0 Å². The van der Waals surface area contributed by atoms with Gasteiger partial charge in [-0.1, -0.05) is 36.4 Å². The molecule has 31 heavy (non-hydrogen) atoms. The number of nitrogens with one attached hydrogen (secondary N) is 2. The monoisotopic (exact) mass is 410 g/mol. The molecule has 2 N–H and O–H groups in total. The van der Waals surface area contributed by atoms with Crippen molar-refractivity contribution in [3.8, 4) is 5.69 Å². The number of aromatic amines is 1. The Kier molecular flexibility index (Phi) is 4.51. The second-order valence-corrected chi connectivity index (χ2v) is 7.72. The van der Waals surface area contributed by atoms with Crippen molar-refractivity contribution < 1.29 is 0 Å². The van der Waals surface area contributed by atoms with Crippen LogP contribution in [0.25, 0.3) is 27.5 Å². The fraction of sp³-hybridized carbons (Fsp3) is 0.167. The molecule has 0 spiro atoms. The molecule has 1 atom stereocenters. The summed E-state index contributed by atoms with van der Waals surface area (Å²) in [7, 11) is 0. The number of H-pyrrole nitrogens is 1. The van der Waals surface area contributed by atoms with Crippen molar-refractivity contribution >= 4 is 27.6 Å². The Morgan fingerprint density at radius 1 is 1.00 bits per heavy atom. The average Bonchev–Trinajstić information content (AvgIpc) is 3.16. The number of aromatic nitrogens is 5. The molecule has 0 aliphatic heterocycles. The normalized spacial score (nSPS) is 12.4. The minimum atomic E-state index is -0.204. The van der Waals surface area contributed by atoms with Crippen molar-refractivity contribution in [2.75, 3.05) is 5.32 Å². The number of nitrogens with zero attached hydrogens (tertiary/aromatic N) is 4. The fourth-order valence-electron chi connectivity index (χ4n) is 4.11. The number of hydrogen-bond donors (Lipinski definition) is 2. The van der Waals surface area contributed by atoms with Crippen molar-refractivity contribution in [1.29, 1.82) is 0 Å². The molecule has 7 heteroatoms. The highest BCUT2D eigenvalue weighted by Gasteiger charge is 2.19. The lowest BCUT2D eigenvalue weighted by Crippen LogP contribution is -2.26. The largest absolute Gasteiger partial charge is 0.361 e. The zero-order valence-electron chi connectivity index (χ0n) is 17.5. The summed E-state index contributed by atoms with van der Waals surface area (Å²) in [6, 6.07) is 17.5. The zero-order valence-corrected chi connectivity index (χ0v) is 17.5. The van der Waals surface area contributed by atoms with Gasteiger partial charge in [0.15, 0.2) is 5.65 Å². The third kappa shape index (κ3) is 3.15. The van der Waals surface area contributed by atoms with Crippen LogP contribution in [0.3, 0.4) is 0 Å². The lowest BCUT2D eigenvalue weighted by atomic mass is 10.0. The molecule has 0 aliphatic rings. The van der Waals surface area contributed by atoms with E-state index in [4.69, 9.17) is 0 Å². The molecule has 0 amide bonds. The van der Waals surface area contributed by atoms with Crippen molar-refractivity contribution in [1.82, 2.24) is 24.7 Å². The molecular weight excluding hydrogens is 388 g/mol. The Balaban J connectivity index is 1.71. The summed E-state index contributed by atoms with van der Waals surface area (Å²) < 4.78 is 1.79. The molecule has 5 aromatic rings. The predicted octanol–water partition coefficient (Wildman–Crippen LogP) is 4.45. The first-order valence-corrected chi connectivity index (χ1v) is 10.2. The summed E-state index contributed by atoms with van der Waals surface area (Å²) in [5.74, 6) is 0.681. The van der Waals surface area contributed by atoms with Crippen LogP contribution in [0.2, 0.25) is 0 Å². The number of pyridine rings is 1. The molecule has 0 aliphatic carbocycles. The number of rotatable bonds is 4. The maximum absolute atomic E-state index is 13.6. The topological polar surface area (TPSA) is 88.5 Å². The quantitative estimate of drug-likeness (QED) is 0.457. The molecule has 154 valence electrons. The third-order valence-electron chi connectivity index (χ3n) is 5.63. The number of hydrogen-bond acceptors (Lipinski definition) is 5. The van der Waals surface area contributed by atoms with E-state index in [0.717, 1.165) is 38.8 Å². The highest BCUT2D eigenvalue weighted by molar-refractivity contribution is 5.89. The van der Waals surface area contributed by atoms with Gasteiger partial charge in [0.05, 0.1) is 16.8 Å². The van der Waals surface area contributed by atoms with E-state index in [1.165, 1.54) is 6.33 Å². The molecular formula is C24H22N6O. The van der Waals surface area contributed by atoms with Gasteiger partial charge >= 0.3 is 0 Å². The van der Waals surface area contributed by atoms with Gasteiger partial charge in [-0.25, -0.2) is 9.97 Å². The first-order chi connectivity index (χ1) is 15.0. The summed E-state index contributed by atoms with van der Waals surface area (Å²) in [4.78, 5) is 22.3. The highest BCUT2D eigenvalue weighted by Crippen LogP contribution is 2.28. The summed E-state index contributed by atoms with van der Waals surface area (Å²) in [6.07, 6.45) is 1.49. The lowest BCUT2D eigenvalue weighted by molar-refractivity contribution is 0.774. The van der Waals surface area contributed by atoms with Crippen LogP contribution in [0, 0.1) is 13.8 Å². The van der Waals surface area contributed by atoms with Crippen molar-refractivity contribution in [3.05, 3.63) is 88.2 Å². The Hall–Kier alpha value is -4.00. The molecule has 2 aromatic carbocycles. The van der Waals surface area contributed by atoms with Crippen LogP contribution in [0.15, 0.2) is 65.7 Å². The zero-order chi connectivity index (χ0) is 21.5. The van der Waals surface area contributed by atoms with Crippen molar-refractivity contribution in [2.24, 2.45) is 0 Å². The Bertz CT molecular complexity index is 1470. The second-order valence-electron chi connectivity index (χ2n) is 7.72. The predicted molar refractivity (Wildman–Crippen MR) is 123 cm³/mol. The van der Waals surface area contributed by atoms with E-state index in [-0.39, 0.29) is 11.6 Å². The maximum atomic E-state index is 13.6. The molecule has 0 bridgehead atoms. The van der Waals surface area contributed by atoms with E-state index in [9.17, 15) is 4.79 Å². The molecule has 5 rings (SSSR count). The summed E-state index contributed by atoms with van der Waals surface area (Å²) in [5, 5.41) is 13.2. The van der Waals surface area contributed by atoms with Crippen molar-refractivity contribution in [3.63, 3.8) is 0 Å². The summed E-state index contributed by atoms with van der Waals surface area (Å²) >= 11 is 0. The molecule has 3 heterocycles. The third-order valence-corrected chi connectivity index (χ3v) is 5.63. The number of anilines is 1. The van der Waals surface area contributed by atoms with Crippen LogP contribution >= 0.6 is 0 Å². The Morgan fingerprint density at radius 2 is 1.81 bits per heavy atom. The van der Waals surface area contributed by atoms with Gasteiger partial charge in [-0.2, -0.15) is 5.10 Å². The number of benzene rings is 2. The highest BCUT2D eigenvalue weighted by atomic mass is 16.1. The van der Waals surface area contributed by atoms with E-state index in [0.29, 0.717) is 11.5 Å². The van der Waals surface area contributed by atoms with Crippen molar-refractivity contribution in [2.45, 2.75) is 26.8 Å². The van der Waals surface area contributed by atoms with Gasteiger partial charge in [0.1, 0.15) is 12.1 Å². The summed E-state index contributed by atoms with van der Waals surface area (Å²) in [5.41, 5.74) is 4.11. The lowest BCUT2D eigenvalue weighted by Gasteiger charge is -2.22. The number of para-hydroxylation sites is 1. The Labute approximate surface area is 178 Å². The van der Waals surface area contributed by atoms with E-state index < -0.39 is 0 Å². The minimum Gasteiger partial charge on any atom is -0.361 e. The van der Waals surface area contributed by atoms with Gasteiger partial charge in [0.25, 0.3) is 5.56 Å².